The Morgan fingerprint density at radius 2 is 1.56 bits per heavy atom. The molecule has 0 radical (unpaired) electrons. The number of fused-ring (bicyclic) bond motifs is 1. The van der Waals surface area contributed by atoms with Gasteiger partial charge in [-0.25, -0.2) is 0 Å². The summed E-state index contributed by atoms with van der Waals surface area (Å²) in [6, 6.07) is 16.9. The maximum atomic E-state index is 13.7. The number of piperidine rings is 1. The molecule has 7 atom stereocenters. The van der Waals surface area contributed by atoms with Crippen LogP contribution < -0.4 is 26.6 Å². The van der Waals surface area contributed by atoms with Crippen LogP contribution >= 0.6 is 11.8 Å². The number of rotatable bonds is 13. The Labute approximate surface area is 313 Å². The minimum Gasteiger partial charge on any atom is -0.390 e. The highest BCUT2D eigenvalue weighted by Gasteiger charge is 2.49. The smallest absolute Gasteiger partial charge is 0.245 e. The van der Waals surface area contributed by atoms with E-state index in [1.54, 1.807) is 0 Å². The van der Waals surface area contributed by atoms with Crippen LogP contribution in [-0.2, 0) is 32.1 Å². The molecule has 3 fully saturated rings. The second-order valence-electron chi connectivity index (χ2n) is 16.3. The lowest BCUT2D eigenvalue weighted by Crippen LogP contribution is -2.60. The van der Waals surface area contributed by atoms with Crippen LogP contribution in [-0.4, -0.2) is 93.2 Å². The zero-order valence-electron chi connectivity index (χ0n) is 31.3. The van der Waals surface area contributed by atoms with Crippen molar-refractivity contribution in [2.24, 2.45) is 11.8 Å². The van der Waals surface area contributed by atoms with Crippen molar-refractivity contribution >= 4 is 35.4 Å². The fraction of sp³-hybridized carbons (Fsp3) is 0.600. The van der Waals surface area contributed by atoms with Crippen molar-refractivity contribution in [1.82, 2.24) is 31.5 Å². The Morgan fingerprint density at radius 3 is 2.21 bits per heavy atom. The first-order valence-electron chi connectivity index (χ1n) is 18.8. The van der Waals surface area contributed by atoms with Gasteiger partial charge in [0.2, 0.25) is 23.6 Å². The lowest BCUT2D eigenvalue weighted by atomic mass is 9.72. The summed E-state index contributed by atoms with van der Waals surface area (Å²) in [5.41, 5.74) is 1.40. The van der Waals surface area contributed by atoms with Gasteiger partial charge in [0.15, 0.2) is 0 Å². The fourth-order valence-electron chi connectivity index (χ4n) is 7.81. The fourth-order valence-corrected chi connectivity index (χ4v) is 9.31. The molecule has 2 heterocycles. The first kappa shape index (κ1) is 39.8. The molecule has 5 rings (SSSR count). The summed E-state index contributed by atoms with van der Waals surface area (Å²) in [5.74, 6) is 0.0733. The van der Waals surface area contributed by atoms with E-state index in [4.69, 9.17) is 0 Å². The zero-order chi connectivity index (χ0) is 37.5. The van der Waals surface area contributed by atoms with Crippen LogP contribution in [0.2, 0.25) is 0 Å². The van der Waals surface area contributed by atoms with Crippen LogP contribution in [0.4, 0.5) is 0 Å². The molecule has 2 aliphatic heterocycles. The lowest BCUT2D eigenvalue weighted by molar-refractivity contribution is -0.133. The summed E-state index contributed by atoms with van der Waals surface area (Å²) >= 11 is 1.43. The van der Waals surface area contributed by atoms with E-state index in [9.17, 15) is 24.3 Å². The summed E-state index contributed by atoms with van der Waals surface area (Å²) in [6.45, 7) is 11.2. The van der Waals surface area contributed by atoms with Gasteiger partial charge in [0.25, 0.3) is 0 Å². The van der Waals surface area contributed by atoms with E-state index in [0.717, 1.165) is 36.9 Å². The van der Waals surface area contributed by atoms with Gasteiger partial charge < -0.3 is 26.4 Å². The van der Waals surface area contributed by atoms with Gasteiger partial charge in [0, 0.05) is 36.5 Å². The summed E-state index contributed by atoms with van der Waals surface area (Å²) in [6.07, 6.45) is 4.70. The van der Waals surface area contributed by atoms with Gasteiger partial charge in [0.1, 0.15) is 12.1 Å². The Kier molecular flexibility index (Phi) is 13.4. The maximum absolute atomic E-state index is 13.7. The predicted molar refractivity (Wildman–Crippen MR) is 205 cm³/mol. The molecule has 284 valence electrons. The van der Waals surface area contributed by atoms with Gasteiger partial charge in [-0.05, 0) is 70.4 Å². The predicted octanol–water partition coefficient (Wildman–Crippen LogP) is 3.11. The lowest BCUT2D eigenvalue weighted by Gasteiger charge is -2.46. The number of amides is 4. The standard InChI is InChI=1S/C40H58N6O5S/c1-39(2,3)45-35(49)31-21-28-18-12-13-19-29(28)24-46(31)25-30(47)23-42-37(51)34-40(4,5)52-38(44-34)33(36(50)41-22-27-16-10-7-11-17-27)43-32(48)20-26-14-8-6-9-15-26/h6-11,14-17,28-31,33-34,38,44,47H,12-13,18-25H2,1-5H3,(H,41,50)(H,42,51)(H,43,48)(H,45,49)/t28-,29+,30+,31-,33+,34-,38+/m0/s1. The second-order valence-corrected chi connectivity index (χ2v) is 18.1. The minimum atomic E-state index is -0.952. The number of hydrogen-bond donors (Lipinski definition) is 6. The largest absolute Gasteiger partial charge is 0.390 e. The van der Waals surface area contributed by atoms with Crippen LogP contribution in [0.1, 0.15) is 77.8 Å². The highest BCUT2D eigenvalue weighted by molar-refractivity contribution is 8.01. The Hall–Kier alpha value is -3.45. The number of likely N-dealkylation sites (tertiary alicyclic amines) is 1. The summed E-state index contributed by atoms with van der Waals surface area (Å²) < 4.78 is -0.638. The molecule has 6 N–H and O–H groups in total. The number of thioether (sulfide) groups is 1. The van der Waals surface area contributed by atoms with Crippen LogP contribution in [0.25, 0.3) is 0 Å². The SMILES string of the molecule is CC(C)(C)NC(=O)[C@@H]1C[C@@H]2CCCC[C@@H]2CN1C[C@H](O)CNC(=O)[C@@H]1N[C@@H]([C@H](NC(=O)Cc2ccccc2)C(=O)NCc2ccccc2)SC1(C)C. The van der Waals surface area contributed by atoms with Gasteiger partial charge in [-0.2, -0.15) is 0 Å². The van der Waals surface area contributed by atoms with Gasteiger partial charge in [-0.15, -0.1) is 11.8 Å². The molecule has 3 aliphatic rings. The quantitative estimate of drug-likeness (QED) is 0.184. The number of nitrogens with one attached hydrogen (secondary N) is 5. The van der Waals surface area contributed by atoms with Crippen molar-refractivity contribution in [3.63, 3.8) is 0 Å². The van der Waals surface area contributed by atoms with E-state index in [-0.39, 0.29) is 54.7 Å². The van der Waals surface area contributed by atoms with Crippen molar-refractivity contribution in [3.8, 4) is 0 Å². The molecule has 1 saturated carbocycles. The maximum Gasteiger partial charge on any atom is 0.245 e. The molecular weight excluding hydrogens is 677 g/mol. The number of nitrogens with zero attached hydrogens (tertiary/aromatic N) is 1. The number of hydrogen-bond acceptors (Lipinski definition) is 8. The zero-order valence-corrected chi connectivity index (χ0v) is 32.1. The highest BCUT2D eigenvalue weighted by atomic mass is 32.2. The number of aliphatic hydroxyl groups is 1. The molecular formula is C40H58N6O5S. The Balaban J connectivity index is 1.21. The third kappa shape index (κ3) is 11.0. The number of β-amino-alcohol motifs (C(OH)–C–C–N with tert-alkyl or cyclic N) is 1. The van der Waals surface area contributed by atoms with Crippen molar-refractivity contribution in [3.05, 3.63) is 71.8 Å². The van der Waals surface area contributed by atoms with E-state index < -0.39 is 28.3 Å². The van der Waals surface area contributed by atoms with E-state index in [1.165, 1.54) is 24.6 Å². The van der Waals surface area contributed by atoms with Crippen LogP contribution in [0, 0.1) is 11.8 Å². The molecule has 1 aliphatic carbocycles. The van der Waals surface area contributed by atoms with Crippen molar-refractivity contribution in [2.75, 3.05) is 19.6 Å². The number of benzene rings is 2. The van der Waals surface area contributed by atoms with Crippen LogP contribution in [0.15, 0.2) is 60.7 Å². The molecule has 12 heteroatoms. The molecule has 2 aromatic carbocycles. The van der Waals surface area contributed by atoms with E-state index in [0.29, 0.717) is 18.4 Å². The summed E-state index contributed by atoms with van der Waals surface area (Å²) in [4.78, 5) is 56.2. The van der Waals surface area contributed by atoms with Crippen molar-refractivity contribution in [2.45, 2.75) is 120 Å². The van der Waals surface area contributed by atoms with Gasteiger partial charge in [0.05, 0.1) is 23.9 Å². The average molecular weight is 735 g/mol. The minimum absolute atomic E-state index is 0.00838. The molecule has 4 amide bonds. The molecule has 52 heavy (non-hydrogen) atoms. The normalized spacial score (nSPS) is 25.6. The topological polar surface area (TPSA) is 152 Å². The summed E-state index contributed by atoms with van der Waals surface area (Å²) in [7, 11) is 0. The highest BCUT2D eigenvalue weighted by Crippen LogP contribution is 2.40. The Morgan fingerprint density at radius 1 is 0.923 bits per heavy atom. The van der Waals surface area contributed by atoms with Gasteiger partial charge >= 0.3 is 0 Å². The van der Waals surface area contributed by atoms with E-state index in [1.807, 2.05) is 95.3 Å². The molecule has 2 saturated heterocycles. The third-order valence-electron chi connectivity index (χ3n) is 10.4. The van der Waals surface area contributed by atoms with E-state index >= 15 is 0 Å². The van der Waals surface area contributed by atoms with E-state index in [2.05, 4.69) is 31.5 Å². The number of carbonyl (C=O) groups is 4. The summed E-state index contributed by atoms with van der Waals surface area (Å²) in [5, 5.41) is 26.0. The van der Waals surface area contributed by atoms with Gasteiger partial charge in [-0.1, -0.05) is 79.9 Å². The number of aliphatic hydroxyl groups excluding tert-OH is 1. The molecule has 2 aromatic rings. The first-order valence-corrected chi connectivity index (χ1v) is 19.7. The molecule has 0 spiro atoms. The molecule has 0 unspecified atom stereocenters. The first-order chi connectivity index (χ1) is 24.7. The van der Waals surface area contributed by atoms with Crippen LogP contribution in [0.3, 0.4) is 0 Å². The average Bonchev–Trinajstić information content (AvgIpc) is 3.42. The Bertz CT molecular complexity index is 1520. The molecule has 11 nitrogen and oxygen atoms in total. The molecule has 0 bridgehead atoms. The van der Waals surface area contributed by atoms with Crippen molar-refractivity contribution in [1.29, 1.82) is 0 Å². The van der Waals surface area contributed by atoms with Gasteiger partial charge in [-0.3, -0.25) is 29.4 Å². The molecule has 0 aromatic heterocycles. The third-order valence-corrected chi connectivity index (χ3v) is 11.9. The monoisotopic (exact) mass is 734 g/mol. The van der Waals surface area contributed by atoms with Crippen molar-refractivity contribution < 1.29 is 24.3 Å². The van der Waals surface area contributed by atoms with Crippen LogP contribution in [0.5, 0.6) is 0 Å². The number of carbonyl (C=O) groups excluding carboxylic acids is 4. The second kappa shape index (κ2) is 17.6.